The van der Waals surface area contributed by atoms with E-state index in [1.165, 1.54) is 83.5 Å². The van der Waals surface area contributed by atoms with Crippen LogP contribution in [0.25, 0.3) is 0 Å². The van der Waals surface area contributed by atoms with Crippen molar-refractivity contribution < 1.29 is 27.5 Å². The zero-order valence-electron chi connectivity index (χ0n) is 23.2. The predicted molar refractivity (Wildman–Crippen MR) is 142 cm³/mol. The third-order valence-electron chi connectivity index (χ3n) is 7.62. The van der Waals surface area contributed by atoms with E-state index in [2.05, 4.69) is 28.1 Å². The van der Waals surface area contributed by atoms with Crippen molar-refractivity contribution in [1.29, 1.82) is 0 Å². The summed E-state index contributed by atoms with van der Waals surface area (Å²) in [7, 11) is 2.52. The van der Waals surface area contributed by atoms with E-state index >= 15 is 0 Å². The Hall–Kier alpha value is 0.0300. The molecule has 0 aliphatic carbocycles. The second kappa shape index (κ2) is 18.3. The molecule has 1 heterocycles. The molecule has 1 atom stereocenters. The van der Waals surface area contributed by atoms with Crippen LogP contribution in [0.1, 0.15) is 110 Å². The van der Waals surface area contributed by atoms with Crippen molar-refractivity contribution in [3.63, 3.8) is 0 Å². The van der Waals surface area contributed by atoms with Crippen molar-refractivity contribution in [1.82, 2.24) is 0 Å². The first-order valence-electron chi connectivity index (χ1n) is 14.4. The highest BCUT2D eigenvalue weighted by Gasteiger charge is 2.34. The highest BCUT2D eigenvalue weighted by Crippen LogP contribution is 2.38. The smallest absolute Gasteiger partial charge is 0.268 e. The van der Waals surface area contributed by atoms with E-state index < -0.39 is 7.82 Å². The monoisotopic (exact) mass is 505 g/mol. The van der Waals surface area contributed by atoms with Crippen LogP contribution in [0.3, 0.4) is 0 Å². The molecule has 0 amide bonds. The molecule has 6 nitrogen and oxygen atoms in total. The maximum atomic E-state index is 12.0. The van der Waals surface area contributed by atoms with Crippen LogP contribution >= 0.6 is 7.82 Å². The zero-order chi connectivity index (χ0) is 25.2. The van der Waals surface area contributed by atoms with Crippen LogP contribution in [0.5, 0.6) is 0 Å². The number of phosphoric ester groups is 1. The van der Waals surface area contributed by atoms with Crippen molar-refractivity contribution in [2.45, 2.75) is 110 Å². The lowest BCUT2D eigenvalue weighted by Crippen LogP contribution is -2.63. The van der Waals surface area contributed by atoms with Crippen molar-refractivity contribution >= 4 is 7.82 Å². The fraction of sp³-hybridized carbons (Fsp3) is 1.00. The van der Waals surface area contributed by atoms with Gasteiger partial charge in [0.05, 0.1) is 27.7 Å². The van der Waals surface area contributed by atoms with Crippen molar-refractivity contribution in [2.24, 2.45) is 0 Å². The van der Waals surface area contributed by atoms with E-state index in [4.69, 9.17) is 9.05 Å². The standard InChI is InChI=1S/C27H58N2O4P/c1-5-6-7-8-9-10-11-12-13-14-15-16-17-18-19-20-26-32-34(30,31)33-27-25-29(4)23-21-28(2,3)22-24-29/h5-27H2,1-4H3/q+1. The van der Waals surface area contributed by atoms with Gasteiger partial charge in [0.15, 0.2) is 0 Å². The summed E-state index contributed by atoms with van der Waals surface area (Å²) in [6.45, 7) is 7.79. The summed E-state index contributed by atoms with van der Waals surface area (Å²) >= 11 is 0. The molecule has 0 N–H and O–H groups in total. The third kappa shape index (κ3) is 17.5. The fourth-order valence-electron chi connectivity index (χ4n) is 4.71. The fourth-order valence-corrected chi connectivity index (χ4v) is 5.44. The normalized spacial score (nSPS) is 19.2. The number of hydrogen-bond acceptors (Lipinski definition) is 4. The van der Waals surface area contributed by atoms with Crippen LogP contribution < -0.4 is 4.89 Å². The molecule has 0 bridgehead atoms. The van der Waals surface area contributed by atoms with Crippen LogP contribution in [-0.2, 0) is 13.6 Å². The van der Waals surface area contributed by atoms with Crippen LogP contribution in [-0.4, -0.2) is 76.0 Å². The first-order valence-corrected chi connectivity index (χ1v) is 15.9. The third-order valence-corrected chi connectivity index (χ3v) is 8.62. The number of hydrogen-bond donors (Lipinski definition) is 0. The number of unbranched alkanes of at least 4 members (excludes halogenated alkanes) is 15. The summed E-state index contributed by atoms with van der Waals surface area (Å²) in [5, 5.41) is 0. The summed E-state index contributed by atoms with van der Waals surface area (Å²) in [5.74, 6) is 0. The number of likely N-dealkylation sites (N-methyl/N-ethyl adjacent to an activating group) is 2. The van der Waals surface area contributed by atoms with Gasteiger partial charge in [-0.2, -0.15) is 0 Å². The zero-order valence-corrected chi connectivity index (χ0v) is 24.1. The topological polar surface area (TPSA) is 58.6 Å². The molecule has 1 saturated heterocycles. The summed E-state index contributed by atoms with van der Waals surface area (Å²) < 4.78 is 24.1. The Balaban J connectivity index is 1.87. The van der Waals surface area contributed by atoms with E-state index in [-0.39, 0.29) is 13.2 Å². The summed E-state index contributed by atoms with van der Waals surface area (Å²) in [6.07, 6.45) is 20.9. The molecule has 204 valence electrons. The Morgan fingerprint density at radius 2 is 1.00 bits per heavy atom. The molecule has 1 unspecified atom stereocenters. The van der Waals surface area contributed by atoms with E-state index in [1.54, 1.807) is 0 Å². The quantitative estimate of drug-likeness (QED) is 0.0986. The highest BCUT2D eigenvalue weighted by molar-refractivity contribution is 7.45. The maximum absolute atomic E-state index is 12.0. The Morgan fingerprint density at radius 1 is 0.618 bits per heavy atom. The molecule has 1 aliphatic rings. The number of phosphoric acid groups is 1. The van der Waals surface area contributed by atoms with Crippen LogP contribution in [0.2, 0.25) is 0 Å². The molecule has 1 aliphatic heterocycles. The first-order chi connectivity index (χ1) is 16.2. The Labute approximate surface area is 212 Å². The van der Waals surface area contributed by atoms with Gasteiger partial charge >= 0.3 is 0 Å². The number of rotatable bonds is 22. The Kier molecular flexibility index (Phi) is 17.3. The van der Waals surface area contributed by atoms with Gasteiger partial charge in [-0.15, -0.1) is 0 Å². The van der Waals surface area contributed by atoms with Gasteiger partial charge in [0, 0.05) is 0 Å². The molecule has 1 fully saturated rings. The molecule has 0 radical (unpaired) electrons. The second-order valence-corrected chi connectivity index (χ2v) is 13.0. The van der Waals surface area contributed by atoms with Crippen molar-refractivity contribution in [3.8, 4) is 0 Å². The summed E-state index contributed by atoms with van der Waals surface area (Å²) in [6, 6.07) is 0. The minimum absolute atomic E-state index is 0.212. The van der Waals surface area contributed by atoms with Crippen molar-refractivity contribution in [3.05, 3.63) is 0 Å². The largest absolute Gasteiger partial charge is 0.756 e. The van der Waals surface area contributed by atoms with E-state index in [9.17, 15) is 9.46 Å². The average molecular weight is 506 g/mol. The molecule has 0 spiro atoms. The van der Waals surface area contributed by atoms with Crippen molar-refractivity contribution in [2.75, 3.05) is 67.1 Å². The van der Waals surface area contributed by atoms with Crippen LogP contribution in [0, 0.1) is 0 Å². The Bertz CT molecular complexity index is 535. The molecule has 1 rings (SSSR count). The van der Waals surface area contributed by atoms with Gasteiger partial charge in [0.2, 0.25) is 0 Å². The van der Waals surface area contributed by atoms with E-state index in [1.807, 2.05) is 0 Å². The van der Waals surface area contributed by atoms with Gasteiger partial charge < -0.3 is 22.9 Å². The predicted octanol–water partition coefficient (Wildman–Crippen LogP) is 6.29. The van der Waals surface area contributed by atoms with Crippen LogP contribution in [0.4, 0.5) is 0 Å². The highest BCUT2D eigenvalue weighted by atomic mass is 31.2. The molecule has 0 aromatic heterocycles. The number of nitrogens with zero attached hydrogens (tertiary/aromatic N) is 2. The SMILES string of the molecule is CCCCCCCCCCCCCCCCCCOP(=O)([O-])OCC[N+]1(C)CC[N+](C)(C)CC1. The van der Waals surface area contributed by atoms with Crippen LogP contribution in [0.15, 0.2) is 0 Å². The molecule has 7 heteroatoms. The number of piperazine rings is 1. The van der Waals surface area contributed by atoms with Gasteiger partial charge in [-0.05, 0) is 6.42 Å². The molecule has 0 saturated carbocycles. The molecule has 0 aromatic rings. The lowest BCUT2D eigenvalue weighted by Gasteiger charge is -2.44. The Morgan fingerprint density at radius 3 is 1.44 bits per heavy atom. The minimum atomic E-state index is -4.17. The minimum Gasteiger partial charge on any atom is -0.756 e. The second-order valence-electron chi connectivity index (χ2n) is 11.6. The molecule has 34 heavy (non-hydrogen) atoms. The summed E-state index contributed by atoms with van der Waals surface area (Å²) in [4.78, 5) is 12.0. The lowest BCUT2D eigenvalue weighted by molar-refractivity contribution is -1.01. The van der Waals surface area contributed by atoms with Gasteiger partial charge in [-0.1, -0.05) is 103 Å². The molecular formula is C27H58N2O4P+. The maximum Gasteiger partial charge on any atom is 0.268 e. The lowest BCUT2D eigenvalue weighted by atomic mass is 10.0. The van der Waals surface area contributed by atoms with Gasteiger partial charge in [0.1, 0.15) is 39.3 Å². The molecular weight excluding hydrogens is 447 g/mol. The summed E-state index contributed by atoms with van der Waals surface area (Å²) in [5.41, 5.74) is 0. The van der Waals surface area contributed by atoms with Gasteiger partial charge in [-0.25, -0.2) is 0 Å². The average Bonchev–Trinajstić information content (AvgIpc) is 2.78. The van der Waals surface area contributed by atoms with Gasteiger partial charge in [-0.3, -0.25) is 4.57 Å². The van der Waals surface area contributed by atoms with E-state index in [0.717, 1.165) is 54.4 Å². The first kappa shape index (κ1) is 32.1. The molecule has 0 aromatic carbocycles. The number of quaternary nitrogens is 2. The van der Waals surface area contributed by atoms with E-state index in [0.29, 0.717) is 6.54 Å². The van der Waals surface area contributed by atoms with Gasteiger partial charge in [0.25, 0.3) is 7.82 Å².